The minimum atomic E-state index is -2.74. The lowest BCUT2D eigenvalue weighted by molar-refractivity contribution is -0.181. The number of ketones is 4. The number of fused-ring (bicyclic) bond motifs is 3. The number of phenolic OH excluding ortho intramolecular Hbond substituents is 1. The van der Waals surface area contributed by atoms with Crippen LogP contribution in [-0.2, 0) is 32.1 Å². The van der Waals surface area contributed by atoms with Gasteiger partial charge < -0.3 is 20.4 Å². The van der Waals surface area contributed by atoms with Crippen molar-refractivity contribution in [2.24, 2.45) is 29.4 Å². The van der Waals surface area contributed by atoms with Gasteiger partial charge in [0.1, 0.15) is 11.5 Å². The van der Waals surface area contributed by atoms with E-state index in [1.807, 2.05) is 6.07 Å². The topological polar surface area (TPSA) is 171 Å². The largest absolute Gasteiger partial charge is 0.507 e. The molecule has 1 aromatic heterocycles. The minimum absolute atomic E-state index is 0.00455. The van der Waals surface area contributed by atoms with Gasteiger partial charge in [-0.1, -0.05) is 12.5 Å². The molecule has 0 spiro atoms. The summed E-state index contributed by atoms with van der Waals surface area (Å²) in [4.78, 5) is 70.5. The fourth-order valence-electron chi connectivity index (χ4n) is 7.82. The Morgan fingerprint density at radius 1 is 1.12 bits per heavy atom. The van der Waals surface area contributed by atoms with Gasteiger partial charge in [-0.15, -0.1) is 0 Å². The smallest absolute Gasteiger partial charge is 0.235 e. The molecular weight excluding hydrogens is 542 g/mol. The molecule has 6 atom stereocenters. The first-order valence-corrected chi connectivity index (χ1v) is 14.4. The third-order valence-corrected chi connectivity index (χ3v) is 9.74. The molecule has 2 saturated carbocycles. The molecule has 3 aliphatic carbocycles. The highest BCUT2D eigenvalue weighted by Gasteiger charge is 2.69. The van der Waals surface area contributed by atoms with Gasteiger partial charge in [-0.2, -0.15) is 0 Å². The van der Waals surface area contributed by atoms with E-state index in [0.29, 0.717) is 17.7 Å². The van der Waals surface area contributed by atoms with Gasteiger partial charge in [0, 0.05) is 11.5 Å². The number of piperidine rings is 1. The van der Waals surface area contributed by atoms with E-state index in [9.17, 15) is 34.2 Å². The highest BCUT2D eigenvalue weighted by Crippen LogP contribution is 2.51. The van der Waals surface area contributed by atoms with Crippen LogP contribution >= 0.6 is 0 Å². The standard InChI is InChI=1S/C31H35N3O8/c1-33(2)25-20-12-15-11-19-18(16-10-17(42-14-16)13-34-8-4-3-5-9-34)6-7-21(35)23(19)26(36)22(15)28(38)31(20,41)29(39)24(27(25)37)30(32)40/h6-7,10,14-15,20,22,24-25,35,41H,3-5,8-9,11-13H2,1-2H3,(H2,32,40)/t15-,20-,22?,24?,25-,31-/m0/s1. The van der Waals surface area contributed by atoms with Gasteiger partial charge >= 0.3 is 0 Å². The fourth-order valence-corrected chi connectivity index (χ4v) is 7.82. The van der Waals surface area contributed by atoms with Crippen molar-refractivity contribution in [1.82, 2.24) is 9.80 Å². The zero-order valence-corrected chi connectivity index (χ0v) is 23.7. The van der Waals surface area contributed by atoms with Gasteiger partial charge in [0.2, 0.25) is 5.91 Å². The summed E-state index contributed by atoms with van der Waals surface area (Å²) in [6.07, 6.45) is 5.34. The molecule has 2 aromatic rings. The summed E-state index contributed by atoms with van der Waals surface area (Å²) in [6, 6.07) is 3.89. The number of benzene rings is 1. The van der Waals surface area contributed by atoms with Crippen molar-refractivity contribution < 1.29 is 38.6 Å². The third-order valence-electron chi connectivity index (χ3n) is 9.74. The average Bonchev–Trinajstić information content (AvgIpc) is 3.39. The Labute approximate surface area is 242 Å². The molecule has 42 heavy (non-hydrogen) atoms. The highest BCUT2D eigenvalue weighted by molar-refractivity contribution is 6.32. The van der Waals surface area contributed by atoms with Crippen LogP contribution in [-0.4, -0.2) is 87.9 Å². The quantitative estimate of drug-likeness (QED) is 0.437. The zero-order chi connectivity index (χ0) is 30.1. The number of likely N-dealkylation sites (N-methyl/N-ethyl adjacent to an activating group) is 1. The summed E-state index contributed by atoms with van der Waals surface area (Å²) >= 11 is 0. The van der Waals surface area contributed by atoms with Crippen molar-refractivity contribution in [3.63, 3.8) is 0 Å². The van der Waals surface area contributed by atoms with Crippen LogP contribution < -0.4 is 5.73 Å². The molecule has 11 nitrogen and oxygen atoms in total. The van der Waals surface area contributed by atoms with Crippen LogP contribution in [0.4, 0.5) is 0 Å². The number of furan rings is 1. The molecule has 0 radical (unpaired) electrons. The number of rotatable bonds is 5. The zero-order valence-electron chi connectivity index (χ0n) is 23.7. The molecule has 1 aliphatic heterocycles. The van der Waals surface area contributed by atoms with Gasteiger partial charge in [-0.05, 0) is 82.0 Å². The molecule has 1 amide bonds. The van der Waals surface area contributed by atoms with Crippen LogP contribution in [0.25, 0.3) is 11.1 Å². The van der Waals surface area contributed by atoms with Gasteiger partial charge in [0.25, 0.3) is 0 Å². The van der Waals surface area contributed by atoms with Crippen LogP contribution in [0.1, 0.15) is 47.4 Å². The maximum Gasteiger partial charge on any atom is 0.235 e. The summed E-state index contributed by atoms with van der Waals surface area (Å²) < 4.78 is 5.88. The number of hydrogen-bond acceptors (Lipinski definition) is 10. The van der Waals surface area contributed by atoms with Crippen LogP contribution in [0, 0.1) is 23.7 Å². The molecule has 3 fully saturated rings. The Hall–Kier alpha value is -3.67. The van der Waals surface area contributed by atoms with Crippen molar-refractivity contribution in [2.45, 2.75) is 50.3 Å². The number of nitrogens with zero attached hydrogens (tertiary/aromatic N) is 2. The maximum absolute atomic E-state index is 14.0. The second-order valence-electron chi connectivity index (χ2n) is 12.4. The number of Topliss-reactive ketones (excluding diaryl/α,β-unsaturated/α-hetero) is 4. The van der Waals surface area contributed by atoms with E-state index in [1.165, 1.54) is 17.4 Å². The van der Waals surface area contributed by atoms with Crippen molar-refractivity contribution in [2.75, 3.05) is 27.2 Å². The predicted molar refractivity (Wildman–Crippen MR) is 148 cm³/mol. The number of aliphatic hydroxyl groups is 1. The fraction of sp³-hybridized carbons (Fsp3) is 0.516. The lowest BCUT2D eigenvalue weighted by Crippen LogP contribution is -2.74. The second-order valence-corrected chi connectivity index (χ2v) is 12.4. The summed E-state index contributed by atoms with van der Waals surface area (Å²) in [5.74, 6) is -9.79. The van der Waals surface area contributed by atoms with Crippen LogP contribution in [0.2, 0.25) is 0 Å². The Kier molecular flexibility index (Phi) is 6.94. The summed E-state index contributed by atoms with van der Waals surface area (Å²) in [5.41, 5.74) is 4.58. The molecule has 6 rings (SSSR count). The van der Waals surface area contributed by atoms with Crippen molar-refractivity contribution in [3.8, 4) is 16.9 Å². The van der Waals surface area contributed by atoms with E-state index in [2.05, 4.69) is 4.90 Å². The van der Waals surface area contributed by atoms with Crippen molar-refractivity contribution in [3.05, 3.63) is 41.3 Å². The summed E-state index contributed by atoms with van der Waals surface area (Å²) in [7, 11) is 3.12. The van der Waals surface area contributed by atoms with E-state index < -0.39 is 64.4 Å². The van der Waals surface area contributed by atoms with Crippen molar-refractivity contribution >= 4 is 29.0 Å². The molecule has 11 heteroatoms. The maximum atomic E-state index is 14.0. The molecule has 0 bridgehead atoms. The molecule has 1 aromatic carbocycles. The van der Waals surface area contributed by atoms with E-state index in [1.54, 1.807) is 26.4 Å². The Balaban J connectivity index is 1.39. The number of carbonyl (C=O) groups excluding carboxylic acids is 5. The minimum Gasteiger partial charge on any atom is -0.507 e. The van der Waals surface area contributed by atoms with E-state index >= 15 is 0 Å². The summed E-state index contributed by atoms with van der Waals surface area (Å²) in [5, 5.41) is 22.5. The lowest BCUT2D eigenvalue weighted by atomic mass is 9.52. The number of likely N-dealkylation sites (tertiary alicyclic amines) is 1. The average molecular weight is 578 g/mol. The first kappa shape index (κ1) is 28.4. The van der Waals surface area contributed by atoms with Gasteiger partial charge in [0.15, 0.2) is 34.7 Å². The molecule has 222 valence electrons. The summed E-state index contributed by atoms with van der Waals surface area (Å²) in [6.45, 7) is 2.67. The van der Waals surface area contributed by atoms with Crippen LogP contribution in [0.3, 0.4) is 0 Å². The molecule has 4 aliphatic rings. The number of amides is 1. The number of hydrogen-bond donors (Lipinski definition) is 3. The lowest BCUT2D eigenvalue weighted by Gasteiger charge is -2.52. The van der Waals surface area contributed by atoms with Gasteiger partial charge in [0.05, 0.1) is 30.3 Å². The normalized spacial score (nSPS) is 31.6. The molecule has 2 unspecified atom stereocenters. The van der Waals surface area contributed by atoms with Gasteiger partial charge in [-0.3, -0.25) is 33.8 Å². The SMILES string of the molecule is CN(C)[C@@H]1C(=O)C(C(N)=O)C(=O)[C@@]2(O)C(=O)C3C(=O)c4c(O)ccc(-c5coc(CN6CCCCC6)c5)c4C[C@H]3C[C@@H]12. The van der Waals surface area contributed by atoms with E-state index in [4.69, 9.17) is 10.2 Å². The molecule has 2 heterocycles. The number of carbonyl (C=O) groups is 5. The third kappa shape index (κ3) is 4.17. The Morgan fingerprint density at radius 3 is 2.50 bits per heavy atom. The Morgan fingerprint density at radius 2 is 1.83 bits per heavy atom. The predicted octanol–water partition coefficient (Wildman–Crippen LogP) is 1.11. The Bertz CT molecular complexity index is 1510. The van der Waals surface area contributed by atoms with Gasteiger partial charge in [-0.25, -0.2) is 0 Å². The van der Waals surface area contributed by atoms with E-state index in [0.717, 1.165) is 37.3 Å². The monoisotopic (exact) mass is 577 g/mol. The highest BCUT2D eigenvalue weighted by atomic mass is 16.3. The van der Waals surface area contributed by atoms with E-state index in [-0.39, 0.29) is 24.2 Å². The number of phenols is 1. The number of primary amides is 1. The first-order chi connectivity index (χ1) is 19.9. The van der Waals surface area contributed by atoms with Crippen LogP contribution in [0.15, 0.2) is 28.9 Å². The van der Waals surface area contributed by atoms with Crippen LogP contribution in [0.5, 0.6) is 5.75 Å². The molecular formula is C31H35N3O8. The first-order valence-electron chi connectivity index (χ1n) is 14.4. The van der Waals surface area contributed by atoms with Crippen molar-refractivity contribution in [1.29, 1.82) is 0 Å². The number of aromatic hydroxyl groups is 1. The molecule has 1 saturated heterocycles. The second kappa shape index (κ2) is 10.3. The number of nitrogens with two attached hydrogens (primary N) is 1. The molecule has 4 N–H and O–H groups in total.